The van der Waals surface area contributed by atoms with E-state index in [1.807, 2.05) is 0 Å². The number of sulfonamides is 1. The lowest BCUT2D eigenvalue weighted by molar-refractivity contribution is -0.141. The zero-order chi connectivity index (χ0) is 14.9. The molecule has 9 heteroatoms. The van der Waals surface area contributed by atoms with Crippen molar-refractivity contribution in [2.24, 2.45) is 5.92 Å². The number of likely N-dealkylation sites (tertiary alicyclic amines) is 1. The second-order valence-corrected chi connectivity index (χ2v) is 7.43. The molecule has 2 saturated heterocycles. The molecule has 21 heavy (non-hydrogen) atoms. The minimum atomic E-state index is -3.41. The number of carbonyl (C=O) groups is 2. The molecule has 2 fully saturated rings. The molecule has 2 unspecified atom stereocenters. The number of amides is 1. The molecule has 1 N–H and O–H groups in total. The van der Waals surface area contributed by atoms with Gasteiger partial charge in [-0.15, -0.1) is 12.4 Å². The first-order valence-corrected chi connectivity index (χ1v) is 8.64. The van der Waals surface area contributed by atoms with Crippen LogP contribution in [0.15, 0.2) is 0 Å². The number of carboxylic acids is 1. The average molecular weight is 341 g/mol. The summed E-state index contributed by atoms with van der Waals surface area (Å²) < 4.78 is 24.8. The van der Waals surface area contributed by atoms with E-state index < -0.39 is 28.0 Å². The van der Waals surface area contributed by atoms with Gasteiger partial charge in [0.1, 0.15) is 6.04 Å². The molecule has 0 aromatic heterocycles. The van der Waals surface area contributed by atoms with Crippen molar-refractivity contribution in [2.75, 3.05) is 25.9 Å². The van der Waals surface area contributed by atoms with Crippen molar-refractivity contribution in [3.8, 4) is 0 Å². The Morgan fingerprint density at radius 2 is 1.81 bits per heavy atom. The third-order valence-corrected chi connectivity index (χ3v) is 5.30. The maximum Gasteiger partial charge on any atom is 0.308 e. The summed E-state index contributed by atoms with van der Waals surface area (Å²) >= 11 is 0. The van der Waals surface area contributed by atoms with E-state index in [4.69, 9.17) is 5.11 Å². The molecule has 7 nitrogen and oxygen atoms in total. The van der Waals surface area contributed by atoms with Crippen LogP contribution >= 0.6 is 12.4 Å². The minimum absolute atomic E-state index is 0. The van der Waals surface area contributed by atoms with Crippen molar-refractivity contribution in [1.82, 2.24) is 9.21 Å². The largest absolute Gasteiger partial charge is 0.481 e. The fraction of sp³-hybridized carbons (Fsp3) is 0.833. The van der Waals surface area contributed by atoms with Crippen LogP contribution in [0.4, 0.5) is 0 Å². The van der Waals surface area contributed by atoms with Gasteiger partial charge in [0.25, 0.3) is 0 Å². The molecule has 2 rings (SSSR count). The molecule has 0 radical (unpaired) electrons. The van der Waals surface area contributed by atoms with Crippen LogP contribution in [-0.2, 0) is 19.6 Å². The molecule has 2 heterocycles. The van der Waals surface area contributed by atoms with Crippen LogP contribution in [0, 0.1) is 5.92 Å². The van der Waals surface area contributed by atoms with Gasteiger partial charge in [-0.05, 0) is 19.3 Å². The van der Waals surface area contributed by atoms with Gasteiger partial charge in [0, 0.05) is 19.6 Å². The summed E-state index contributed by atoms with van der Waals surface area (Å²) in [6.45, 7) is 0.942. The highest BCUT2D eigenvalue weighted by Crippen LogP contribution is 2.24. The van der Waals surface area contributed by atoms with Crippen LogP contribution < -0.4 is 0 Å². The standard InChI is InChI=1S/C12H20N2O5S.ClH/c1-20(18,19)14-6-3-2-4-10(14)11(15)13-7-5-9(8-13)12(16)17;/h9-10H,2-8H2,1H3,(H,16,17);1H. The molecule has 0 aliphatic carbocycles. The monoisotopic (exact) mass is 340 g/mol. The van der Waals surface area contributed by atoms with E-state index in [1.54, 1.807) is 0 Å². The van der Waals surface area contributed by atoms with E-state index in [9.17, 15) is 18.0 Å². The number of carboxylic acid groups (broad SMARTS) is 1. The number of carbonyl (C=O) groups excluding carboxylic acids is 1. The summed E-state index contributed by atoms with van der Waals surface area (Å²) in [5.41, 5.74) is 0. The Bertz CT molecular complexity index is 510. The number of piperidine rings is 1. The Kier molecular flexibility index (Phi) is 6.01. The third kappa shape index (κ3) is 4.08. The van der Waals surface area contributed by atoms with Crippen molar-refractivity contribution >= 4 is 34.3 Å². The van der Waals surface area contributed by atoms with Crippen LogP contribution in [0.1, 0.15) is 25.7 Å². The normalized spacial score (nSPS) is 27.2. The number of nitrogens with zero attached hydrogens (tertiary/aromatic N) is 2. The molecule has 1 amide bonds. The Balaban J connectivity index is 0.00000220. The van der Waals surface area contributed by atoms with E-state index in [-0.39, 0.29) is 24.9 Å². The van der Waals surface area contributed by atoms with Crippen molar-refractivity contribution in [1.29, 1.82) is 0 Å². The van der Waals surface area contributed by atoms with E-state index in [2.05, 4.69) is 0 Å². The van der Waals surface area contributed by atoms with Crippen LogP contribution in [0.2, 0.25) is 0 Å². The third-order valence-electron chi connectivity index (χ3n) is 4.01. The topological polar surface area (TPSA) is 95.0 Å². The zero-order valence-corrected chi connectivity index (χ0v) is 13.5. The van der Waals surface area contributed by atoms with Crippen molar-refractivity contribution in [2.45, 2.75) is 31.7 Å². The fourth-order valence-corrected chi connectivity index (χ4v) is 4.04. The maximum absolute atomic E-state index is 12.5. The predicted molar refractivity (Wildman–Crippen MR) is 78.8 cm³/mol. The molecule has 122 valence electrons. The van der Waals surface area contributed by atoms with Gasteiger partial charge in [-0.25, -0.2) is 8.42 Å². The first-order valence-electron chi connectivity index (χ1n) is 6.79. The Morgan fingerprint density at radius 1 is 1.14 bits per heavy atom. The first-order chi connectivity index (χ1) is 9.30. The van der Waals surface area contributed by atoms with Crippen molar-refractivity contribution < 1.29 is 23.1 Å². The van der Waals surface area contributed by atoms with Crippen molar-refractivity contribution in [3.63, 3.8) is 0 Å². The highest BCUT2D eigenvalue weighted by molar-refractivity contribution is 7.88. The lowest BCUT2D eigenvalue weighted by atomic mass is 10.0. The molecular weight excluding hydrogens is 320 g/mol. The summed E-state index contributed by atoms with van der Waals surface area (Å²) in [6, 6.07) is -0.661. The molecule has 0 spiro atoms. The zero-order valence-electron chi connectivity index (χ0n) is 11.9. The molecular formula is C12H21ClN2O5S. The summed E-state index contributed by atoms with van der Waals surface area (Å²) in [5, 5.41) is 8.96. The molecule has 0 saturated carbocycles. The SMILES string of the molecule is CS(=O)(=O)N1CCCCC1C(=O)N1CCC(C(=O)O)C1.Cl. The summed E-state index contributed by atoms with van der Waals surface area (Å²) in [5.74, 6) is -1.68. The van der Waals surface area contributed by atoms with Crippen LogP contribution in [-0.4, -0.2) is 66.5 Å². The van der Waals surface area contributed by atoms with E-state index >= 15 is 0 Å². The number of halogens is 1. The van der Waals surface area contributed by atoms with Gasteiger partial charge in [-0.2, -0.15) is 4.31 Å². The first kappa shape index (κ1) is 18.2. The second-order valence-electron chi connectivity index (χ2n) is 5.49. The second kappa shape index (κ2) is 6.93. The highest BCUT2D eigenvalue weighted by atomic mass is 35.5. The summed E-state index contributed by atoms with van der Waals surface area (Å²) in [7, 11) is -3.41. The van der Waals surface area contributed by atoms with Gasteiger partial charge < -0.3 is 10.0 Å². The molecule has 0 aromatic rings. The molecule has 0 bridgehead atoms. The minimum Gasteiger partial charge on any atom is -0.481 e. The Hall–Kier alpha value is -0.860. The van der Waals surface area contributed by atoms with Gasteiger partial charge in [-0.1, -0.05) is 6.42 Å². The summed E-state index contributed by atoms with van der Waals surface area (Å²) in [4.78, 5) is 24.9. The van der Waals surface area contributed by atoms with Crippen LogP contribution in [0.3, 0.4) is 0 Å². The number of rotatable bonds is 3. The van der Waals surface area contributed by atoms with Gasteiger partial charge in [0.15, 0.2) is 0 Å². The smallest absolute Gasteiger partial charge is 0.308 e. The maximum atomic E-state index is 12.5. The van der Waals surface area contributed by atoms with Gasteiger partial charge in [0.2, 0.25) is 15.9 Å². The highest BCUT2D eigenvalue weighted by Gasteiger charge is 2.39. The number of aliphatic carboxylic acids is 1. The van der Waals surface area contributed by atoms with Gasteiger partial charge >= 0.3 is 5.97 Å². The van der Waals surface area contributed by atoms with Crippen LogP contribution in [0.25, 0.3) is 0 Å². The van der Waals surface area contributed by atoms with Gasteiger partial charge in [-0.3, -0.25) is 9.59 Å². The number of hydrogen-bond acceptors (Lipinski definition) is 4. The lowest BCUT2D eigenvalue weighted by Crippen LogP contribution is -2.52. The fourth-order valence-electron chi connectivity index (χ4n) is 2.92. The van der Waals surface area contributed by atoms with E-state index in [1.165, 1.54) is 9.21 Å². The molecule has 2 atom stereocenters. The Morgan fingerprint density at radius 3 is 2.33 bits per heavy atom. The molecule has 2 aliphatic heterocycles. The quantitative estimate of drug-likeness (QED) is 0.789. The number of hydrogen-bond donors (Lipinski definition) is 1. The van der Waals surface area contributed by atoms with E-state index in [0.717, 1.165) is 19.1 Å². The molecule has 2 aliphatic rings. The average Bonchev–Trinajstić information content (AvgIpc) is 2.86. The molecule has 0 aromatic carbocycles. The lowest BCUT2D eigenvalue weighted by Gasteiger charge is -2.34. The summed E-state index contributed by atoms with van der Waals surface area (Å²) in [6.07, 6.45) is 3.64. The predicted octanol–water partition coefficient (Wildman–Crippen LogP) is 0.155. The Labute approximate surface area is 130 Å². The van der Waals surface area contributed by atoms with Crippen molar-refractivity contribution in [3.05, 3.63) is 0 Å². The van der Waals surface area contributed by atoms with Crippen LogP contribution in [0.5, 0.6) is 0 Å². The van der Waals surface area contributed by atoms with E-state index in [0.29, 0.717) is 25.9 Å². The van der Waals surface area contributed by atoms with Gasteiger partial charge in [0.05, 0.1) is 12.2 Å².